The number of amides is 1. The molecule has 1 N–H and O–H groups in total. The minimum Gasteiger partial charge on any atom is -0.489 e. The van der Waals surface area contributed by atoms with E-state index in [0.717, 1.165) is 17.5 Å². The van der Waals surface area contributed by atoms with E-state index in [1.165, 1.54) is 0 Å². The van der Waals surface area contributed by atoms with E-state index in [-0.39, 0.29) is 5.91 Å². The Labute approximate surface area is 146 Å². The third-order valence-corrected chi connectivity index (χ3v) is 3.67. The Hall–Kier alpha value is -3.40. The smallest absolute Gasteiger partial charge is 0.255 e. The fraction of sp³-hybridized carbons (Fsp3) is 0.0476. The van der Waals surface area contributed by atoms with Crippen LogP contribution >= 0.6 is 0 Å². The summed E-state index contributed by atoms with van der Waals surface area (Å²) in [6.45, 7) is 0.390. The first-order valence-corrected chi connectivity index (χ1v) is 7.88. The molecule has 0 spiro atoms. The molecule has 124 valence electrons. The summed E-state index contributed by atoms with van der Waals surface area (Å²) in [6.07, 6.45) is 0.795. The van der Waals surface area contributed by atoms with Crippen molar-refractivity contribution in [1.29, 1.82) is 0 Å². The third kappa shape index (κ3) is 4.54. The van der Waals surface area contributed by atoms with Gasteiger partial charge in [0.05, 0.1) is 0 Å². The molecule has 0 aromatic heterocycles. The molecule has 0 saturated heterocycles. The Bertz CT molecular complexity index is 841. The minimum absolute atomic E-state index is 0.150. The highest BCUT2D eigenvalue weighted by Crippen LogP contribution is 2.15. The summed E-state index contributed by atoms with van der Waals surface area (Å²) in [6, 6.07) is 23.5. The SMILES string of the molecule is O=Cc1ccc(OCc2ccc(C(=O)Nc3ccccc3)cc2)cc1. The Morgan fingerprint density at radius 3 is 2.20 bits per heavy atom. The van der Waals surface area contributed by atoms with Gasteiger partial charge in [0, 0.05) is 16.8 Å². The average molecular weight is 331 g/mol. The van der Waals surface area contributed by atoms with Crippen molar-refractivity contribution in [2.24, 2.45) is 0 Å². The first-order chi connectivity index (χ1) is 12.2. The van der Waals surface area contributed by atoms with Gasteiger partial charge in [0.25, 0.3) is 5.91 Å². The lowest BCUT2D eigenvalue weighted by atomic mass is 10.1. The summed E-state index contributed by atoms with van der Waals surface area (Å²) in [4.78, 5) is 22.8. The number of hydrogen-bond donors (Lipinski definition) is 1. The minimum atomic E-state index is -0.150. The van der Waals surface area contributed by atoms with Gasteiger partial charge >= 0.3 is 0 Å². The number of nitrogens with one attached hydrogen (secondary N) is 1. The molecule has 0 radical (unpaired) electrons. The Kier molecular flexibility index (Phi) is 5.22. The van der Waals surface area contributed by atoms with Crippen molar-refractivity contribution < 1.29 is 14.3 Å². The van der Waals surface area contributed by atoms with E-state index in [2.05, 4.69) is 5.32 Å². The lowest BCUT2D eigenvalue weighted by Crippen LogP contribution is -2.11. The lowest BCUT2D eigenvalue weighted by Gasteiger charge is -2.08. The van der Waals surface area contributed by atoms with E-state index in [0.29, 0.717) is 23.5 Å². The number of anilines is 1. The highest BCUT2D eigenvalue weighted by Gasteiger charge is 2.06. The average Bonchev–Trinajstić information content (AvgIpc) is 2.68. The van der Waals surface area contributed by atoms with Crippen molar-refractivity contribution >= 4 is 17.9 Å². The number of ether oxygens (including phenoxy) is 1. The van der Waals surface area contributed by atoms with Crippen molar-refractivity contribution in [3.63, 3.8) is 0 Å². The number of carbonyl (C=O) groups is 2. The van der Waals surface area contributed by atoms with Gasteiger partial charge in [-0.05, 0) is 54.1 Å². The van der Waals surface area contributed by atoms with Crippen LogP contribution in [-0.4, -0.2) is 12.2 Å². The zero-order chi connectivity index (χ0) is 17.5. The molecule has 0 aliphatic carbocycles. The highest BCUT2D eigenvalue weighted by molar-refractivity contribution is 6.04. The van der Waals surface area contributed by atoms with Crippen LogP contribution in [0, 0.1) is 0 Å². The molecule has 0 unspecified atom stereocenters. The lowest BCUT2D eigenvalue weighted by molar-refractivity contribution is 0.102. The van der Waals surface area contributed by atoms with Crippen LogP contribution in [-0.2, 0) is 6.61 Å². The number of hydrogen-bond acceptors (Lipinski definition) is 3. The molecular weight excluding hydrogens is 314 g/mol. The van der Waals surface area contributed by atoms with Crippen LogP contribution in [0.1, 0.15) is 26.3 Å². The Balaban J connectivity index is 1.57. The van der Waals surface area contributed by atoms with Gasteiger partial charge in [-0.25, -0.2) is 0 Å². The molecule has 0 atom stereocenters. The zero-order valence-corrected chi connectivity index (χ0v) is 13.5. The fourth-order valence-corrected chi connectivity index (χ4v) is 2.29. The predicted molar refractivity (Wildman–Crippen MR) is 97.0 cm³/mol. The van der Waals surface area contributed by atoms with Crippen LogP contribution in [0.4, 0.5) is 5.69 Å². The molecule has 3 aromatic rings. The van der Waals surface area contributed by atoms with Crippen molar-refractivity contribution in [2.45, 2.75) is 6.61 Å². The molecule has 0 heterocycles. The van der Waals surface area contributed by atoms with Gasteiger partial charge in [-0.2, -0.15) is 0 Å². The molecule has 0 aliphatic heterocycles. The summed E-state index contributed by atoms with van der Waals surface area (Å²) >= 11 is 0. The molecule has 0 fully saturated rings. The fourth-order valence-electron chi connectivity index (χ4n) is 2.29. The quantitative estimate of drug-likeness (QED) is 0.684. The maximum atomic E-state index is 12.2. The molecule has 0 saturated carbocycles. The molecule has 3 rings (SSSR count). The van der Waals surface area contributed by atoms with Gasteiger partial charge in [0.1, 0.15) is 18.6 Å². The van der Waals surface area contributed by atoms with Crippen LogP contribution < -0.4 is 10.1 Å². The molecule has 1 amide bonds. The van der Waals surface area contributed by atoms with Crippen LogP contribution in [0.15, 0.2) is 78.9 Å². The van der Waals surface area contributed by atoms with Gasteiger partial charge in [-0.3, -0.25) is 9.59 Å². The van der Waals surface area contributed by atoms with Gasteiger partial charge < -0.3 is 10.1 Å². The van der Waals surface area contributed by atoms with Crippen molar-refractivity contribution in [3.8, 4) is 5.75 Å². The zero-order valence-electron chi connectivity index (χ0n) is 13.5. The van der Waals surface area contributed by atoms with E-state index in [4.69, 9.17) is 4.74 Å². The van der Waals surface area contributed by atoms with E-state index < -0.39 is 0 Å². The van der Waals surface area contributed by atoms with Crippen LogP contribution in [0.2, 0.25) is 0 Å². The molecule has 0 aliphatic rings. The van der Waals surface area contributed by atoms with Gasteiger partial charge in [-0.15, -0.1) is 0 Å². The maximum absolute atomic E-state index is 12.2. The summed E-state index contributed by atoms with van der Waals surface area (Å²) < 4.78 is 5.67. The van der Waals surface area contributed by atoms with Crippen molar-refractivity contribution in [3.05, 3.63) is 95.6 Å². The second-order valence-corrected chi connectivity index (χ2v) is 5.49. The third-order valence-electron chi connectivity index (χ3n) is 3.67. The van der Waals surface area contributed by atoms with Crippen LogP contribution in [0.25, 0.3) is 0 Å². The van der Waals surface area contributed by atoms with Crippen LogP contribution in [0.5, 0.6) is 5.75 Å². The number of aldehydes is 1. The van der Waals surface area contributed by atoms with Gasteiger partial charge in [0.15, 0.2) is 0 Å². The summed E-state index contributed by atoms with van der Waals surface area (Å²) in [5.41, 5.74) is 2.92. The number of benzene rings is 3. The number of para-hydroxylation sites is 1. The monoisotopic (exact) mass is 331 g/mol. The second kappa shape index (κ2) is 7.93. The molecule has 25 heavy (non-hydrogen) atoms. The Morgan fingerprint density at radius 1 is 0.880 bits per heavy atom. The van der Waals surface area contributed by atoms with Gasteiger partial charge in [-0.1, -0.05) is 30.3 Å². The first-order valence-electron chi connectivity index (χ1n) is 7.88. The van der Waals surface area contributed by atoms with E-state index in [1.807, 2.05) is 42.5 Å². The van der Waals surface area contributed by atoms with Crippen molar-refractivity contribution in [2.75, 3.05) is 5.32 Å². The number of carbonyl (C=O) groups excluding carboxylic acids is 2. The summed E-state index contributed by atoms with van der Waals surface area (Å²) in [5, 5.41) is 2.85. The topological polar surface area (TPSA) is 55.4 Å². The van der Waals surface area contributed by atoms with E-state index >= 15 is 0 Å². The highest BCUT2D eigenvalue weighted by atomic mass is 16.5. The maximum Gasteiger partial charge on any atom is 0.255 e. The number of rotatable bonds is 6. The van der Waals surface area contributed by atoms with E-state index in [1.54, 1.807) is 36.4 Å². The molecule has 0 bridgehead atoms. The molecule has 3 aromatic carbocycles. The Morgan fingerprint density at radius 2 is 1.56 bits per heavy atom. The van der Waals surface area contributed by atoms with Crippen LogP contribution in [0.3, 0.4) is 0 Å². The molecular formula is C21H17NO3. The predicted octanol–water partition coefficient (Wildman–Crippen LogP) is 4.33. The summed E-state index contributed by atoms with van der Waals surface area (Å²) in [7, 11) is 0. The van der Waals surface area contributed by atoms with Gasteiger partial charge in [0.2, 0.25) is 0 Å². The second-order valence-electron chi connectivity index (χ2n) is 5.49. The molecule has 4 nitrogen and oxygen atoms in total. The first kappa shape index (κ1) is 16.5. The molecule has 4 heteroatoms. The summed E-state index contributed by atoms with van der Waals surface area (Å²) in [5.74, 6) is 0.541. The standard InChI is InChI=1S/C21H17NO3/c23-14-16-8-12-20(13-9-16)25-15-17-6-10-18(11-7-17)21(24)22-19-4-2-1-3-5-19/h1-14H,15H2,(H,22,24). The largest absolute Gasteiger partial charge is 0.489 e. The van der Waals surface area contributed by atoms with Crippen molar-refractivity contribution in [1.82, 2.24) is 0 Å². The van der Waals surface area contributed by atoms with E-state index in [9.17, 15) is 9.59 Å². The normalized spacial score (nSPS) is 10.1.